The molecule has 0 amide bonds. The van der Waals surface area contributed by atoms with Crippen LogP contribution in [0.25, 0.3) is 0 Å². The number of amidine groups is 1. The lowest BCUT2D eigenvalue weighted by atomic mass is 10.2. The van der Waals surface area contributed by atoms with Gasteiger partial charge in [-0.15, -0.1) is 10.2 Å². The van der Waals surface area contributed by atoms with Crippen molar-refractivity contribution < 1.29 is 0 Å². The fraction of sp³-hybridized carbons (Fsp3) is 0.167. The molecule has 0 aromatic heterocycles. The molecule has 0 aliphatic carbocycles. The molecular weight excluding hydrogens is 272 g/mol. The van der Waals surface area contributed by atoms with Gasteiger partial charge in [-0.05, 0) is 19.4 Å². The Morgan fingerprint density at radius 1 is 1.00 bits per heavy atom. The summed E-state index contributed by atoms with van der Waals surface area (Å²) in [5, 5.41) is 8.56. The van der Waals surface area contributed by atoms with E-state index in [1.165, 1.54) is 11.1 Å². The summed E-state index contributed by atoms with van der Waals surface area (Å²) >= 11 is 0. The van der Waals surface area contributed by atoms with E-state index in [1.54, 1.807) is 0 Å². The average Bonchev–Trinajstić information content (AvgIpc) is 2.91. The van der Waals surface area contributed by atoms with Crippen LogP contribution in [0.4, 0.5) is 0 Å². The Labute approximate surface area is 131 Å². The Hall–Kier alpha value is -2.59. The van der Waals surface area contributed by atoms with E-state index in [-0.39, 0.29) is 0 Å². The topological polar surface area (TPSA) is 30.9 Å². The van der Waals surface area contributed by atoms with Crippen LogP contribution < -0.4 is 5.53 Å². The maximum atomic E-state index is 4.49. The molecule has 0 radical (unpaired) electrons. The molecule has 2 aromatic carbocycles. The smallest absolute Gasteiger partial charge is 0.177 e. The number of nitrogens with one attached hydrogen (secondary N) is 1. The number of hydrogen-bond donors (Lipinski definition) is 1. The van der Waals surface area contributed by atoms with Crippen molar-refractivity contribution in [1.82, 2.24) is 15.7 Å². The summed E-state index contributed by atoms with van der Waals surface area (Å²) in [6, 6.07) is 20.6. The lowest BCUT2D eigenvalue weighted by Crippen LogP contribution is -2.42. The van der Waals surface area contributed by atoms with E-state index < -0.39 is 0 Å². The van der Waals surface area contributed by atoms with E-state index >= 15 is 0 Å². The molecule has 0 bridgehead atoms. The average molecular weight is 292 g/mol. The van der Waals surface area contributed by atoms with Gasteiger partial charge in [-0.25, -0.2) is 10.5 Å². The highest BCUT2D eigenvalue weighted by Gasteiger charge is 2.25. The minimum atomic E-state index is 0.741. The van der Waals surface area contributed by atoms with Gasteiger partial charge < -0.3 is 0 Å². The zero-order valence-electron chi connectivity index (χ0n) is 12.9. The summed E-state index contributed by atoms with van der Waals surface area (Å²) in [6.45, 7) is 4.91. The van der Waals surface area contributed by atoms with Gasteiger partial charge in [0.05, 0.1) is 6.54 Å². The molecule has 0 saturated heterocycles. The van der Waals surface area contributed by atoms with Crippen molar-refractivity contribution in [2.24, 2.45) is 5.10 Å². The van der Waals surface area contributed by atoms with Crippen LogP contribution in [0.1, 0.15) is 25.0 Å². The molecule has 2 aromatic rings. The van der Waals surface area contributed by atoms with Crippen molar-refractivity contribution in [1.29, 1.82) is 0 Å². The van der Waals surface area contributed by atoms with Crippen LogP contribution in [0.3, 0.4) is 0 Å². The SMILES string of the molecule is CC(C)=CN1C(c2ccccc2)=NNN1Cc1ccccc1. The van der Waals surface area contributed by atoms with Crippen LogP contribution in [0, 0.1) is 0 Å². The summed E-state index contributed by atoms with van der Waals surface area (Å²) in [5.74, 6) is 0.901. The minimum absolute atomic E-state index is 0.741. The fourth-order valence-corrected chi connectivity index (χ4v) is 2.35. The highest BCUT2D eigenvalue weighted by molar-refractivity contribution is 5.99. The fourth-order valence-electron chi connectivity index (χ4n) is 2.35. The molecule has 0 fully saturated rings. The number of rotatable bonds is 4. The zero-order valence-corrected chi connectivity index (χ0v) is 12.9. The van der Waals surface area contributed by atoms with E-state index in [1.807, 2.05) is 29.4 Å². The molecule has 3 rings (SSSR count). The first kappa shape index (κ1) is 14.4. The van der Waals surface area contributed by atoms with Gasteiger partial charge >= 0.3 is 0 Å². The van der Waals surface area contributed by atoms with Gasteiger partial charge in [0.15, 0.2) is 5.84 Å². The van der Waals surface area contributed by atoms with Crippen molar-refractivity contribution in [2.75, 3.05) is 0 Å². The number of hydrogen-bond acceptors (Lipinski definition) is 4. The molecule has 0 spiro atoms. The molecule has 22 heavy (non-hydrogen) atoms. The number of hydrazine groups is 2. The van der Waals surface area contributed by atoms with E-state index in [0.717, 1.165) is 17.9 Å². The van der Waals surface area contributed by atoms with Gasteiger partial charge in [-0.2, -0.15) is 0 Å². The maximum Gasteiger partial charge on any atom is 0.177 e. The second-order valence-electron chi connectivity index (χ2n) is 5.50. The van der Waals surface area contributed by atoms with Crippen molar-refractivity contribution in [3.8, 4) is 0 Å². The van der Waals surface area contributed by atoms with E-state index in [9.17, 15) is 0 Å². The molecule has 0 atom stereocenters. The third kappa shape index (κ3) is 3.18. The normalized spacial score (nSPS) is 14.5. The zero-order chi connectivity index (χ0) is 15.4. The Morgan fingerprint density at radius 2 is 1.64 bits per heavy atom. The lowest BCUT2D eigenvalue weighted by Gasteiger charge is -2.26. The highest BCUT2D eigenvalue weighted by atomic mass is 15.9. The molecule has 112 valence electrons. The number of benzene rings is 2. The molecule has 1 aliphatic heterocycles. The van der Waals surface area contributed by atoms with Gasteiger partial charge in [0.25, 0.3) is 0 Å². The summed E-state index contributed by atoms with van der Waals surface area (Å²) < 4.78 is 0. The van der Waals surface area contributed by atoms with Gasteiger partial charge in [-0.1, -0.05) is 66.2 Å². The monoisotopic (exact) mass is 292 g/mol. The van der Waals surface area contributed by atoms with Gasteiger partial charge in [0, 0.05) is 11.8 Å². The molecule has 4 heteroatoms. The summed E-state index contributed by atoms with van der Waals surface area (Å²) in [5.41, 5.74) is 6.64. The predicted octanol–water partition coefficient (Wildman–Crippen LogP) is 3.51. The Balaban J connectivity index is 1.86. The summed E-state index contributed by atoms with van der Waals surface area (Å²) in [6.07, 6.45) is 2.09. The molecule has 1 aliphatic rings. The van der Waals surface area contributed by atoms with Gasteiger partial charge in [0.1, 0.15) is 0 Å². The van der Waals surface area contributed by atoms with Crippen molar-refractivity contribution in [3.63, 3.8) is 0 Å². The molecular formula is C18H20N4. The number of hydrazone groups is 1. The first-order valence-corrected chi connectivity index (χ1v) is 7.38. The molecule has 4 nitrogen and oxygen atoms in total. The summed E-state index contributed by atoms with van der Waals surface area (Å²) in [7, 11) is 0. The number of allylic oxidation sites excluding steroid dienone is 1. The van der Waals surface area contributed by atoms with Crippen LogP contribution in [0.15, 0.2) is 77.5 Å². The lowest BCUT2D eigenvalue weighted by molar-refractivity contribution is 0.0446. The highest BCUT2D eigenvalue weighted by Crippen LogP contribution is 2.17. The van der Waals surface area contributed by atoms with Crippen LogP contribution in [-0.4, -0.2) is 16.0 Å². The third-order valence-corrected chi connectivity index (χ3v) is 3.34. The Kier molecular flexibility index (Phi) is 4.21. The van der Waals surface area contributed by atoms with E-state index in [4.69, 9.17) is 0 Å². The van der Waals surface area contributed by atoms with Crippen molar-refractivity contribution in [3.05, 3.63) is 83.6 Å². The molecule has 0 saturated carbocycles. The second-order valence-corrected chi connectivity index (χ2v) is 5.50. The molecule has 1 N–H and O–H groups in total. The molecule has 1 heterocycles. The van der Waals surface area contributed by atoms with Crippen LogP contribution in [-0.2, 0) is 6.54 Å². The summed E-state index contributed by atoms with van der Waals surface area (Å²) in [4.78, 5) is 0. The third-order valence-electron chi connectivity index (χ3n) is 3.34. The predicted molar refractivity (Wildman–Crippen MR) is 89.4 cm³/mol. The van der Waals surface area contributed by atoms with E-state index in [2.05, 4.69) is 72.1 Å². The van der Waals surface area contributed by atoms with Crippen LogP contribution >= 0.6 is 0 Å². The standard InChI is InChI=1S/C18H20N4/c1-15(2)13-21-18(17-11-7-4-8-12-17)19-20-22(21)14-16-9-5-3-6-10-16/h3-13,20H,14H2,1-2H3. The van der Waals surface area contributed by atoms with Crippen LogP contribution in [0.2, 0.25) is 0 Å². The number of nitrogens with zero attached hydrogens (tertiary/aromatic N) is 3. The van der Waals surface area contributed by atoms with Crippen LogP contribution in [0.5, 0.6) is 0 Å². The first-order chi connectivity index (χ1) is 10.7. The van der Waals surface area contributed by atoms with Gasteiger partial charge in [0.2, 0.25) is 0 Å². The Bertz CT molecular complexity index is 673. The first-order valence-electron chi connectivity index (χ1n) is 7.38. The van der Waals surface area contributed by atoms with Crippen molar-refractivity contribution >= 4 is 5.84 Å². The second kappa shape index (κ2) is 6.45. The largest absolute Gasteiger partial charge is 0.243 e. The quantitative estimate of drug-likeness (QED) is 0.935. The minimum Gasteiger partial charge on any atom is -0.243 e. The van der Waals surface area contributed by atoms with E-state index in [0.29, 0.717) is 0 Å². The molecule has 0 unspecified atom stereocenters. The maximum absolute atomic E-state index is 4.49. The van der Waals surface area contributed by atoms with Crippen molar-refractivity contribution in [2.45, 2.75) is 20.4 Å². The Morgan fingerprint density at radius 3 is 2.27 bits per heavy atom. The van der Waals surface area contributed by atoms with Gasteiger partial charge in [-0.3, -0.25) is 0 Å².